The summed E-state index contributed by atoms with van der Waals surface area (Å²) in [4.78, 5) is 17.4. The Morgan fingerprint density at radius 1 is 1.53 bits per heavy atom. The molecule has 2 N–H and O–H groups in total. The van der Waals surface area contributed by atoms with Crippen molar-refractivity contribution in [2.24, 2.45) is 0 Å². The Morgan fingerprint density at radius 2 is 2.37 bits per heavy atom. The van der Waals surface area contributed by atoms with E-state index in [0.717, 1.165) is 22.0 Å². The number of nitrogens with zero attached hydrogens (tertiary/aromatic N) is 1. The molecule has 1 aliphatic rings. The second-order valence-electron chi connectivity index (χ2n) is 4.62. The summed E-state index contributed by atoms with van der Waals surface area (Å²) in [5.41, 5.74) is 2.27. The lowest BCUT2D eigenvalue weighted by atomic mass is 10.1. The third-order valence-electron chi connectivity index (χ3n) is 3.19. The van der Waals surface area contributed by atoms with E-state index in [1.165, 1.54) is 5.56 Å². The summed E-state index contributed by atoms with van der Waals surface area (Å²) in [5.74, 6) is 0.0438. The van der Waals surface area contributed by atoms with Crippen molar-refractivity contribution in [2.75, 3.05) is 5.32 Å². The maximum Gasteiger partial charge on any atom is 0.243 e. The molecule has 1 aliphatic heterocycles. The fourth-order valence-electron chi connectivity index (χ4n) is 2.24. The van der Waals surface area contributed by atoms with Crippen LogP contribution in [-0.4, -0.2) is 16.9 Å². The number of carbonyl (C=O) groups is 1. The number of fused-ring (bicyclic) bond motifs is 1. The molecule has 4 nitrogen and oxygen atoms in total. The maximum absolute atomic E-state index is 12.1. The number of amides is 1. The molecule has 1 unspecified atom stereocenters. The third kappa shape index (κ3) is 2.61. The normalized spacial score (nSPS) is 16.8. The molecule has 0 radical (unpaired) electrons. The van der Waals surface area contributed by atoms with Crippen LogP contribution in [0.2, 0.25) is 0 Å². The number of benzene rings is 1. The number of hydrogen-bond acceptors (Lipinski definition) is 4. The van der Waals surface area contributed by atoms with Crippen LogP contribution in [0.4, 0.5) is 5.69 Å². The van der Waals surface area contributed by atoms with E-state index in [-0.39, 0.29) is 11.9 Å². The first-order valence-corrected chi connectivity index (χ1v) is 7.07. The molecule has 0 spiro atoms. The van der Waals surface area contributed by atoms with Crippen LogP contribution >= 0.6 is 11.3 Å². The summed E-state index contributed by atoms with van der Waals surface area (Å²) in [5, 5.41) is 7.23. The minimum absolute atomic E-state index is 0.0438. The van der Waals surface area contributed by atoms with Gasteiger partial charge < -0.3 is 10.6 Å². The van der Waals surface area contributed by atoms with E-state index >= 15 is 0 Å². The van der Waals surface area contributed by atoms with Gasteiger partial charge in [-0.05, 0) is 18.6 Å². The number of aromatic nitrogens is 1. The zero-order valence-corrected chi connectivity index (χ0v) is 11.5. The lowest BCUT2D eigenvalue weighted by Gasteiger charge is -2.11. The number of thiazole rings is 1. The lowest BCUT2D eigenvalue weighted by Crippen LogP contribution is -2.37. The zero-order chi connectivity index (χ0) is 13.2. The standard InChI is InChI=1S/C14H15N3OS/c1-9-15-7-11(19-9)8-16-14(18)13-6-10-4-2-3-5-12(10)17-13/h2-5,7,13,17H,6,8H2,1H3,(H,16,18). The quantitative estimate of drug-likeness (QED) is 0.900. The number of hydrogen-bond donors (Lipinski definition) is 2. The third-order valence-corrected chi connectivity index (χ3v) is 4.11. The first-order valence-electron chi connectivity index (χ1n) is 6.26. The van der Waals surface area contributed by atoms with Gasteiger partial charge >= 0.3 is 0 Å². The Bertz CT molecular complexity index is 583. The van der Waals surface area contributed by atoms with Gasteiger partial charge in [0.05, 0.1) is 11.6 Å². The van der Waals surface area contributed by atoms with Crippen molar-refractivity contribution in [3.05, 3.63) is 45.9 Å². The summed E-state index contributed by atoms with van der Waals surface area (Å²) in [7, 11) is 0. The van der Waals surface area contributed by atoms with Crippen LogP contribution in [-0.2, 0) is 17.8 Å². The molecule has 19 heavy (non-hydrogen) atoms. The van der Waals surface area contributed by atoms with Gasteiger partial charge in [0, 0.05) is 23.2 Å². The van der Waals surface area contributed by atoms with E-state index in [9.17, 15) is 4.79 Å². The molecule has 1 amide bonds. The highest BCUT2D eigenvalue weighted by Gasteiger charge is 2.25. The predicted molar refractivity (Wildman–Crippen MR) is 76.3 cm³/mol. The molecule has 2 aromatic rings. The minimum Gasteiger partial charge on any atom is -0.373 e. The van der Waals surface area contributed by atoms with Crippen molar-refractivity contribution in [1.82, 2.24) is 10.3 Å². The molecule has 0 saturated heterocycles. The van der Waals surface area contributed by atoms with Gasteiger partial charge in [0.25, 0.3) is 0 Å². The molecule has 3 rings (SSSR count). The summed E-state index contributed by atoms with van der Waals surface area (Å²) in [6.45, 7) is 2.52. The van der Waals surface area contributed by atoms with Crippen molar-refractivity contribution >= 4 is 22.9 Å². The van der Waals surface area contributed by atoms with Crippen LogP contribution in [0.25, 0.3) is 0 Å². The molecule has 0 fully saturated rings. The van der Waals surface area contributed by atoms with Gasteiger partial charge in [-0.25, -0.2) is 4.98 Å². The summed E-state index contributed by atoms with van der Waals surface area (Å²) in [6, 6.07) is 7.89. The molecule has 1 aromatic carbocycles. The second-order valence-corrected chi connectivity index (χ2v) is 5.94. The van der Waals surface area contributed by atoms with Gasteiger partial charge in [-0.2, -0.15) is 0 Å². The first-order chi connectivity index (χ1) is 9.22. The average Bonchev–Trinajstić information content (AvgIpc) is 3.01. The van der Waals surface area contributed by atoms with Crippen LogP contribution in [0.3, 0.4) is 0 Å². The topological polar surface area (TPSA) is 54.0 Å². The van der Waals surface area contributed by atoms with Crippen molar-refractivity contribution < 1.29 is 4.79 Å². The maximum atomic E-state index is 12.1. The van der Waals surface area contributed by atoms with Crippen LogP contribution in [0.1, 0.15) is 15.4 Å². The summed E-state index contributed by atoms with van der Waals surface area (Å²) >= 11 is 1.61. The van der Waals surface area contributed by atoms with Gasteiger partial charge in [0.1, 0.15) is 6.04 Å². The Hall–Kier alpha value is -1.88. The van der Waals surface area contributed by atoms with Crippen LogP contribution in [0.15, 0.2) is 30.5 Å². The fourth-order valence-corrected chi connectivity index (χ4v) is 2.98. The molecule has 0 bridgehead atoms. The second kappa shape index (κ2) is 5.01. The van der Waals surface area contributed by atoms with Crippen molar-refractivity contribution in [1.29, 1.82) is 0 Å². The smallest absolute Gasteiger partial charge is 0.243 e. The molecule has 2 heterocycles. The van der Waals surface area contributed by atoms with Crippen LogP contribution in [0.5, 0.6) is 0 Å². The molecule has 98 valence electrons. The number of anilines is 1. The van der Waals surface area contributed by atoms with Crippen molar-refractivity contribution in [2.45, 2.75) is 25.9 Å². The molecule has 1 aromatic heterocycles. The molecule has 5 heteroatoms. The van der Waals surface area contributed by atoms with Gasteiger partial charge in [0.2, 0.25) is 5.91 Å². The Kier molecular flexibility index (Phi) is 3.21. The van der Waals surface area contributed by atoms with Crippen molar-refractivity contribution in [3.63, 3.8) is 0 Å². The molecular weight excluding hydrogens is 258 g/mol. The number of aryl methyl sites for hydroxylation is 1. The number of rotatable bonds is 3. The predicted octanol–water partition coefficient (Wildman–Crippen LogP) is 2.10. The molecule has 0 saturated carbocycles. The highest BCUT2D eigenvalue weighted by Crippen LogP contribution is 2.25. The molecule has 0 aliphatic carbocycles. The van der Waals surface area contributed by atoms with E-state index in [4.69, 9.17) is 0 Å². The van der Waals surface area contributed by atoms with E-state index in [2.05, 4.69) is 21.7 Å². The van der Waals surface area contributed by atoms with Gasteiger partial charge in [-0.15, -0.1) is 11.3 Å². The summed E-state index contributed by atoms with van der Waals surface area (Å²) in [6.07, 6.45) is 2.57. The fraction of sp³-hybridized carbons (Fsp3) is 0.286. The van der Waals surface area contributed by atoms with Crippen LogP contribution in [0, 0.1) is 6.92 Å². The SMILES string of the molecule is Cc1ncc(CNC(=O)C2Cc3ccccc3N2)s1. The largest absolute Gasteiger partial charge is 0.373 e. The Balaban J connectivity index is 1.58. The Labute approximate surface area is 115 Å². The average molecular weight is 273 g/mol. The lowest BCUT2D eigenvalue weighted by molar-refractivity contribution is -0.121. The first kappa shape index (κ1) is 12.2. The van der Waals surface area contributed by atoms with E-state index < -0.39 is 0 Å². The minimum atomic E-state index is -0.161. The van der Waals surface area contributed by atoms with E-state index in [0.29, 0.717) is 6.54 Å². The van der Waals surface area contributed by atoms with Gasteiger partial charge in [-0.1, -0.05) is 18.2 Å². The number of nitrogens with one attached hydrogen (secondary N) is 2. The summed E-state index contributed by atoms with van der Waals surface area (Å²) < 4.78 is 0. The zero-order valence-electron chi connectivity index (χ0n) is 10.6. The van der Waals surface area contributed by atoms with E-state index in [1.807, 2.05) is 31.3 Å². The number of para-hydroxylation sites is 1. The monoisotopic (exact) mass is 273 g/mol. The van der Waals surface area contributed by atoms with Gasteiger partial charge in [-0.3, -0.25) is 4.79 Å². The Morgan fingerprint density at radius 3 is 3.11 bits per heavy atom. The van der Waals surface area contributed by atoms with Crippen molar-refractivity contribution in [3.8, 4) is 0 Å². The van der Waals surface area contributed by atoms with E-state index in [1.54, 1.807) is 11.3 Å². The highest BCUT2D eigenvalue weighted by molar-refractivity contribution is 7.11. The molecule has 1 atom stereocenters. The number of carbonyl (C=O) groups excluding carboxylic acids is 1. The van der Waals surface area contributed by atoms with Gasteiger partial charge in [0.15, 0.2) is 0 Å². The molecular formula is C14H15N3OS. The highest BCUT2D eigenvalue weighted by atomic mass is 32.1. The van der Waals surface area contributed by atoms with Crippen LogP contribution < -0.4 is 10.6 Å².